The topological polar surface area (TPSA) is 110 Å². The first-order chi connectivity index (χ1) is 13.6. The number of nitrogens with two attached hydrogens (primary N) is 1. The number of fused-ring (bicyclic) bond motifs is 2. The molecule has 0 saturated carbocycles. The van der Waals surface area contributed by atoms with Crippen LogP contribution in [0.3, 0.4) is 0 Å². The third-order valence-electron chi connectivity index (χ3n) is 5.07. The number of aromatic nitrogens is 6. The van der Waals surface area contributed by atoms with Crippen molar-refractivity contribution in [2.75, 3.05) is 18.0 Å². The van der Waals surface area contributed by atoms with Gasteiger partial charge in [-0.05, 0) is 38.0 Å². The zero-order valence-corrected chi connectivity index (χ0v) is 16.3. The molecule has 0 aromatic carbocycles. The minimum atomic E-state index is -0.0923. The molecule has 8 nitrogen and oxygen atoms in total. The molecule has 0 bridgehead atoms. The summed E-state index contributed by atoms with van der Waals surface area (Å²) in [6.07, 6.45) is 7.15. The van der Waals surface area contributed by atoms with Gasteiger partial charge in [0, 0.05) is 41.3 Å². The van der Waals surface area contributed by atoms with Gasteiger partial charge in [-0.3, -0.25) is 0 Å². The monoisotopic (exact) mass is 392 g/mol. The van der Waals surface area contributed by atoms with Crippen molar-refractivity contribution in [1.82, 2.24) is 29.9 Å². The van der Waals surface area contributed by atoms with E-state index in [0.717, 1.165) is 52.8 Å². The highest BCUT2D eigenvalue weighted by atomic mass is 32.2. The van der Waals surface area contributed by atoms with Crippen LogP contribution >= 0.6 is 11.8 Å². The van der Waals surface area contributed by atoms with Crippen molar-refractivity contribution >= 4 is 40.0 Å². The molecule has 1 aliphatic heterocycles. The van der Waals surface area contributed by atoms with Crippen LogP contribution in [0.15, 0.2) is 46.7 Å². The second kappa shape index (κ2) is 6.68. The van der Waals surface area contributed by atoms with Crippen LogP contribution < -0.4 is 10.6 Å². The molecule has 0 radical (unpaired) electrons. The fourth-order valence-electron chi connectivity index (χ4n) is 3.35. The molecule has 0 spiro atoms. The van der Waals surface area contributed by atoms with Crippen molar-refractivity contribution in [2.24, 2.45) is 5.73 Å². The van der Waals surface area contributed by atoms with E-state index in [1.807, 2.05) is 18.2 Å². The summed E-state index contributed by atoms with van der Waals surface area (Å²) in [5.41, 5.74) is 8.18. The van der Waals surface area contributed by atoms with Crippen LogP contribution in [0.4, 0.5) is 5.95 Å². The van der Waals surface area contributed by atoms with Gasteiger partial charge in [-0.2, -0.15) is 4.98 Å². The van der Waals surface area contributed by atoms with Gasteiger partial charge in [0.2, 0.25) is 5.95 Å². The maximum absolute atomic E-state index is 6.23. The van der Waals surface area contributed by atoms with Crippen LogP contribution in [0, 0.1) is 0 Å². The molecule has 4 aromatic rings. The number of anilines is 1. The summed E-state index contributed by atoms with van der Waals surface area (Å²) in [5, 5.41) is 1.79. The second-order valence-corrected chi connectivity index (χ2v) is 8.43. The largest absolute Gasteiger partial charge is 0.342 e. The molecule has 3 N–H and O–H groups in total. The van der Waals surface area contributed by atoms with Gasteiger partial charge in [-0.1, -0.05) is 11.8 Å². The fourth-order valence-corrected chi connectivity index (χ4v) is 4.21. The lowest BCUT2D eigenvalue weighted by Crippen LogP contribution is -2.48. The van der Waals surface area contributed by atoms with E-state index < -0.39 is 0 Å². The number of hydrogen-bond acceptors (Lipinski definition) is 8. The lowest BCUT2D eigenvalue weighted by molar-refractivity contribution is 0.362. The van der Waals surface area contributed by atoms with Crippen LogP contribution in [0.5, 0.6) is 0 Å². The number of H-pyrrole nitrogens is 1. The van der Waals surface area contributed by atoms with Gasteiger partial charge in [-0.15, -0.1) is 0 Å². The minimum absolute atomic E-state index is 0.0923. The Labute approximate surface area is 166 Å². The molecule has 1 saturated heterocycles. The summed E-state index contributed by atoms with van der Waals surface area (Å²) in [7, 11) is 0. The van der Waals surface area contributed by atoms with Gasteiger partial charge in [0.1, 0.15) is 5.03 Å². The van der Waals surface area contributed by atoms with E-state index in [9.17, 15) is 0 Å². The first-order valence-corrected chi connectivity index (χ1v) is 10.0. The number of nitrogens with zero attached hydrogens (tertiary/aromatic N) is 6. The summed E-state index contributed by atoms with van der Waals surface area (Å²) in [5.74, 6) is 0.811. The molecular formula is C19H20N8S. The van der Waals surface area contributed by atoms with Gasteiger partial charge in [0.25, 0.3) is 0 Å². The molecule has 5 heterocycles. The number of hydrogen-bond donors (Lipinski definition) is 2. The van der Waals surface area contributed by atoms with Gasteiger partial charge in [0.05, 0.1) is 6.20 Å². The summed E-state index contributed by atoms with van der Waals surface area (Å²) in [4.78, 5) is 29.0. The van der Waals surface area contributed by atoms with Crippen LogP contribution in [0.25, 0.3) is 22.3 Å². The van der Waals surface area contributed by atoms with E-state index in [1.54, 1.807) is 18.6 Å². The lowest BCUT2D eigenvalue weighted by Gasteiger charge is -2.36. The maximum atomic E-state index is 6.23. The number of pyridine rings is 2. The number of aromatic amines is 1. The van der Waals surface area contributed by atoms with Crippen molar-refractivity contribution in [1.29, 1.82) is 0 Å². The lowest BCUT2D eigenvalue weighted by atomic mass is 9.91. The molecule has 9 heteroatoms. The van der Waals surface area contributed by atoms with Crippen LogP contribution in [-0.2, 0) is 0 Å². The Hall–Kier alpha value is -2.78. The molecular weight excluding hydrogens is 372 g/mol. The van der Waals surface area contributed by atoms with Crippen LogP contribution in [-0.4, -0.2) is 48.5 Å². The first kappa shape index (κ1) is 17.3. The molecule has 1 aliphatic rings. The highest BCUT2D eigenvalue weighted by molar-refractivity contribution is 7.99. The van der Waals surface area contributed by atoms with Crippen LogP contribution in [0.1, 0.15) is 19.8 Å². The van der Waals surface area contributed by atoms with Crippen molar-refractivity contribution in [3.8, 4) is 0 Å². The molecule has 0 amide bonds. The van der Waals surface area contributed by atoms with E-state index in [1.165, 1.54) is 11.8 Å². The third-order valence-corrected chi connectivity index (χ3v) is 6.05. The predicted octanol–water partition coefficient (Wildman–Crippen LogP) is 2.76. The summed E-state index contributed by atoms with van der Waals surface area (Å²) < 4.78 is 0. The standard InChI is InChI=1S/C19H20N8S/c1-19(20)5-9-27(10-6-19)18-25-16-17(26-18)24-14(11-23-16)28-13-4-8-22-15-12(13)3-2-7-21-15/h2-4,7-8,11H,5-6,9-10,20H2,1H3,(H,23,24,25,26). The first-order valence-electron chi connectivity index (χ1n) is 9.22. The van der Waals surface area contributed by atoms with Crippen LogP contribution in [0.2, 0.25) is 0 Å². The molecule has 4 aromatic heterocycles. The van der Waals surface area contributed by atoms with Crippen molar-refractivity contribution in [3.05, 3.63) is 36.8 Å². The third kappa shape index (κ3) is 3.27. The highest BCUT2D eigenvalue weighted by Crippen LogP contribution is 2.31. The Balaban J connectivity index is 1.42. The van der Waals surface area contributed by atoms with Gasteiger partial charge in [-0.25, -0.2) is 19.9 Å². The van der Waals surface area contributed by atoms with Crippen molar-refractivity contribution < 1.29 is 0 Å². The van der Waals surface area contributed by atoms with Gasteiger partial charge >= 0.3 is 0 Å². The van der Waals surface area contributed by atoms with Crippen molar-refractivity contribution in [3.63, 3.8) is 0 Å². The average Bonchev–Trinajstić information content (AvgIpc) is 3.11. The zero-order chi connectivity index (χ0) is 19.1. The minimum Gasteiger partial charge on any atom is -0.342 e. The molecule has 0 atom stereocenters. The molecule has 28 heavy (non-hydrogen) atoms. The maximum Gasteiger partial charge on any atom is 0.206 e. The highest BCUT2D eigenvalue weighted by Gasteiger charge is 2.27. The molecule has 0 aliphatic carbocycles. The van der Waals surface area contributed by atoms with Gasteiger partial charge in [0.15, 0.2) is 16.9 Å². The Morgan fingerprint density at radius 2 is 1.89 bits per heavy atom. The molecule has 1 fully saturated rings. The summed E-state index contributed by atoms with van der Waals surface area (Å²) in [6.45, 7) is 3.86. The normalized spacial score (nSPS) is 16.7. The Bertz CT molecular complexity index is 1140. The predicted molar refractivity (Wildman–Crippen MR) is 109 cm³/mol. The van der Waals surface area contributed by atoms with Crippen molar-refractivity contribution in [2.45, 2.75) is 35.2 Å². The van der Waals surface area contributed by atoms with E-state index in [4.69, 9.17) is 5.73 Å². The number of imidazole rings is 1. The van der Waals surface area contributed by atoms with E-state index in [2.05, 4.69) is 41.7 Å². The van der Waals surface area contributed by atoms with Gasteiger partial charge < -0.3 is 15.6 Å². The Morgan fingerprint density at radius 1 is 1.07 bits per heavy atom. The average molecular weight is 392 g/mol. The summed E-state index contributed by atoms with van der Waals surface area (Å²) >= 11 is 1.54. The van der Waals surface area contributed by atoms with E-state index >= 15 is 0 Å². The zero-order valence-electron chi connectivity index (χ0n) is 15.5. The summed E-state index contributed by atoms with van der Waals surface area (Å²) in [6, 6.07) is 5.89. The quantitative estimate of drug-likeness (QED) is 0.548. The fraction of sp³-hybridized carbons (Fsp3) is 0.316. The SMILES string of the molecule is CC1(N)CCN(c2nc3nc(Sc4ccnc5ncccc45)cnc3[nH]2)CC1. The second-order valence-electron chi connectivity index (χ2n) is 7.37. The molecule has 5 rings (SSSR count). The smallest absolute Gasteiger partial charge is 0.206 e. The Morgan fingerprint density at radius 3 is 2.75 bits per heavy atom. The van der Waals surface area contributed by atoms with E-state index in [0.29, 0.717) is 11.3 Å². The number of nitrogens with one attached hydrogen (secondary N) is 1. The Kier molecular flexibility index (Phi) is 4.13. The van der Waals surface area contributed by atoms with E-state index in [-0.39, 0.29) is 5.54 Å². The molecule has 0 unspecified atom stereocenters. The number of piperidine rings is 1. The molecule has 142 valence electrons. The number of rotatable bonds is 3.